The summed E-state index contributed by atoms with van der Waals surface area (Å²) in [6.07, 6.45) is 2.37. The van der Waals surface area contributed by atoms with Crippen LogP contribution in [0.1, 0.15) is 32.3 Å². The Morgan fingerprint density at radius 3 is 2.64 bits per heavy atom. The van der Waals surface area contributed by atoms with Crippen molar-refractivity contribution in [1.29, 1.82) is 0 Å². The number of ether oxygens (including phenoxy) is 2. The zero-order valence-electron chi connectivity index (χ0n) is 17.6. The molecule has 6 nitrogen and oxygen atoms in total. The second-order valence-electron chi connectivity index (χ2n) is 6.94. The fourth-order valence-corrected chi connectivity index (χ4v) is 3.09. The predicted molar refractivity (Wildman–Crippen MR) is 127 cm³/mol. The summed E-state index contributed by atoms with van der Waals surface area (Å²) in [4.78, 5) is 6.69. The first-order chi connectivity index (χ1) is 13.2. The molecule has 0 unspecified atom stereocenters. The molecule has 7 heteroatoms. The smallest absolute Gasteiger partial charge is 0.191 e. The van der Waals surface area contributed by atoms with Gasteiger partial charge < -0.3 is 20.1 Å². The molecule has 1 aliphatic heterocycles. The Bertz CT molecular complexity index is 561. The predicted octanol–water partition coefficient (Wildman–Crippen LogP) is 3.12. The largest absolute Gasteiger partial charge is 0.492 e. The van der Waals surface area contributed by atoms with Crippen LogP contribution in [0.3, 0.4) is 0 Å². The molecule has 0 aromatic heterocycles. The summed E-state index contributed by atoms with van der Waals surface area (Å²) in [6.45, 7) is 11.4. The molecule has 1 heterocycles. The van der Waals surface area contributed by atoms with Crippen LogP contribution in [0.15, 0.2) is 29.3 Å². The van der Waals surface area contributed by atoms with Gasteiger partial charge in [0.05, 0.1) is 13.2 Å². The average molecular weight is 504 g/mol. The van der Waals surface area contributed by atoms with Crippen LogP contribution < -0.4 is 15.4 Å². The van der Waals surface area contributed by atoms with Crippen molar-refractivity contribution in [2.45, 2.75) is 33.2 Å². The second-order valence-corrected chi connectivity index (χ2v) is 6.94. The normalized spacial score (nSPS) is 15.2. The molecule has 0 radical (unpaired) electrons. The molecule has 2 rings (SSSR count). The molecule has 1 aliphatic rings. The molecular formula is C21H37IN4O2. The van der Waals surface area contributed by atoms with Crippen molar-refractivity contribution in [3.8, 4) is 5.75 Å². The number of benzene rings is 1. The minimum absolute atomic E-state index is 0. The molecule has 0 amide bonds. The number of halogens is 1. The highest BCUT2D eigenvalue weighted by molar-refractivity contribution is 14.0. The molecule has 1 fully saturated rings. The third-order valence-corrected chi connectivity index (χ3v) is 5.07. The van der Waals surface area contributed by atoms with Gasteiger partial charge in [0.25, 0.3) is 0 Å². The molecule has 28 heavy (non-hydrogen) atoms. The molecule has 1 aromatic carbocycles. The van der Waals surface area contributed by atoms with Gasteiger partial charge in [-0.3, -0.25) is 9.89 Å². The van der Waals surface area contributed by atoms with Crippen LogP contribution in [0.4, 0.5) is 0 Å². The van der Waals surface area contributed by atoms with Crippen molar-refractivity contribution in [1.82, 2.24) is 15.5 Å². The van der Waals surface area contributed by atoms with E-state index in [1.165, 1.54) is 18.4 Å². The van der Waals surface area contributed by atoms with Crippen LogP contribution in [-0.2, 0) is 11.3 Å². The molecule has 0 aliphatic carbocycles. The number of morpholine rings is 1. The summed E-state index contributed by atoms with van der Waals surface area (Å²) in [7, 11) is 1.81. The molecule has 0 spiro atoms. The lowest BCUT2D eigenvalue weighted by molar-refractivity contribution is 0.0322. The molecule has 1 saturated heterocycles. The molecule has 1 aromatic rings. The van der Waals surface area contributed by atoms with Crippen LogP contribution in [0.5, 0.6) is 5.75 Å². The number of guanidine groups is 1. The highest BCUT2D eigenvalue weighted by Crippen LogP contribution is 2.13. The number of hydrogen-bond acceptors (Lipinski definition) is 4. The maximum atomic E-state index is 5.93. The molecule has 0 bridgehead atoms. The van der Waals surface area contributed by atoms with E-state index in [2.05, 4.69) is 46.5 Å². The lowest BCUT2D eigenvalue weighted by Crippen LogP contribution is -2.39. The maximum absolute atomic E-state index is 5.93. The van der Waals surface area contributed by atoms with Crippen molar-refractivity contribution in [2.24, 2.45) is 10.9 Å². The number of hydrogen-bond donors (Lipinski definition) is 2. The summed E-state index contributed by atoms with van der Waals surface area (Å²) in [5, 5.41) is 6.80. The van der Waals surface area contributed by atoms with Crippen LogP contribution in [0, 0.1) is 5.92 Å². The Hall–Kier alpha value is -1.06. The number of aliphatic imine (C=N–C) groups is 1. The van der Waals surface area contributed by atoms with E-state index in [1.807, 2.05) is 19.2 Å². The van der Waals surface area contributed by atoms with E-state index in [0.717, 1.165) is 57.6 Å². The van der Waals surface area contributed by atoms with E-state index in [4.69, 9.17) is 9.47 Å². The molecule has 160 valence electrons. The highest BCUT2D eigenvalue weighted by atomic mass is 127. The summed E-state index contributed by atoms with van der Waals surface area (Å²) in [6, 6.07) is 8.26. The summed E-state index contributed by atoms with van der Waals surface area (Å²) in [5.41, 5.74) is 1.18. The van der Waals surface area contributed by atoms with Crippen LogP contribution in [-0.4, -0.2) is 63.9 Å². The van der Waals surface area contributed by atoms with Crippen molar-refractivity contribution in [3.05, 3.63) is 29.8 Å². The zero-order chi connectivity index (χ0) is 19.3. The SMILES string of the molecule is CCC(CC)CNC(=NC)NCc1cccc(OCCN2CCOCC2)c1.I. The number of rotatable bonds is 10. The molecular weight excluding hydrogens is 467 g/mol. The Morgan fingerprint density at radius 1 is 1.21 bits per heavy atom. The van der Waals surface area contributed by atoms with Gasteiger partial charge >= 0.3 is 0 Å². The zero-order valence-corrected chi connectivity index (χ0v) is 19.9. The Morgan fingerprint density at radius 2 is 1.96 bits per heavy atom. The average Bonchev–Trinajstić information content (AvgIpc) is 2.72. The van der Waals surface area contributed by atoms with Gasteiger partial charge in [-0.25, -0.2) is 0 Å². The third-order valence-electron chi connectivity index (χ3n) is 5.07. The Balaban J connectivity index is 0.00000392. The quantitative estimate of drug-likeness (QED) is 0.292. The summed E-state index contributed by atoms with van der Waals surface area (Å²) < 4.78 is 11.3. The lowest BCUT2D eigenvalue weighted by Gasteiger charge is -2.26. The minimum Gasteiger partial charge on any atom is -0.492 e. The number of nitrogens with one attached hydrogen (secondary N) is 2. The van der Waals surface area contributed by atoms with E-state index in [1.54, 1.807) is 0 Å². The van der Waals surface area contributed by atoms with E-state index >= 15 is 0 Å². The van der Waals surface area contributed by atoms with Crippen molar-refractivity contribution >= 4 is 29.9 Å². The standard InChI is InChI=1S/C21H36N4O2.HI/c1-4-18(5-2)16-23-21(22-3)24-17-19-7-6-8-20(15-19)27-14-11-25-9-12-26-13-10-25;/h6-8,15,18H,4-5,9-14,16-17H2,1-3H3,(H2,22,23,24);1H. The van der Waals surface area contributed by atoms with Gasteiger partial charge in [-0.15, -0.1) is 24.0 Å². The van der Waals surface area contributed by atoms with E-state index in [9.17, 15) is 0 Å². The van der Waals surface area contributed by atoms with E-state index < -0.39 is 0 Å². The second kappa shape index (κ2) is 14.9. The lowest BCUT2D eigenvalue weighted by atomic mass is 10.0. The molecule has 0 saturated carbocycles. The fourth-order valence-electron chi connectivity index (χ4n) is 3.09. The van der Waals surface area contributed by atoms with Gasteiger partial charge in [-0.05, 0) is 23.6 Å². The summed E-state index contributed by atoms with van der Waals surface area (Å²) in [5.74, 6) is 2.45. The first kappa shape index (κ1) is 25.0. The van der Waals surface area contributed by atoms with E-state index in [-0.39, 0.29) is 24.0 Å². The van der Waals surface area contributed by atoms with Crippen molar-refractivity contribution in [2.75, 3.05) is 53.0 Å². The van der Waals surface area contributed by atoms with Gasteiger partial charge in [0, 0.05) is 39.8 Å². The Labute approximate surface area is 187 Å². The van der Waals surface area contributed by atoms with Crippen molar-refractivity contribution in [3.63, 3.8) is 0 Å². The van der Waals surface area contributed by atoms with Gasteiger partial charge in [0.1, 0.15) is 12.4 Å². The third kappa shape index (κ3) is 9.43. The monoisotopic (exact) mass is 504 g/mol. The topological polar surface area (TPSA) is 58.1 Å². The van der Waals surface area contributed by atoms with Crippen molar-refractivity contribution < 1.29 is 9.47 Å². The van der Waals surface area contributed by atoms with E-state index in [0.29, 0.717) is 12.5 Å². The fraction of sp³-hybridized carbons (Fsp3) is 0.667. The van der Waals surface area contributed by atoms with Gasteiger partial charge in [-0.1, -0.05) is 38.8 Å². The van der Waals surface area contributed by atoms with Gasteiger partial charge in [0.2, 0.25) is 0 Å². The van der Waals surface area contributed by atoms with Crippen LogP contribution in [0.25, 0.3) is 0 Å². The minimum atomic E-state index is 0. The first-order valence-electron chi connectivity index (χ1n) is 10.2. The Kier molecular flexibility index (Phi) is 13.3. The number of nitrogens with zero attached hydrogens (tertiary/aromatic N) is 2. The summed E-state index contributed by atoms with van der Waals surface area (Å²) >= 11 is 0. The van der Waals surface area contributed by atoms with Gasteiger partial charge in [0.15, 0.2) is 5.96 Å². The molecule has 0 atom stereocenters. The van der Waals surface area contributed by atoms with Crippen LogP contribution in [0.2, 0.25) is 0 Å². The first-order valence-corrected chi connectivity index (χ1v) is 10.2. The van der Waals surface area contributed by atoms with Gasteiger partial charge in [-0.2, -0.15) is 0 Å². The maximum Gasteiger partial charge on any atom is 0.191 e. The van der Waals surface area contributed by atoms with Crippen LogP contribution >= 0.6 is 24.0 Å². The molecule has 2 N–H and O–H groups in total. The highest BCUT2D eigenvalue weighted by Gasteiger charge is 2.10.